The molecule has 4 aromatic rings. The smallest absolute Gasteiger partial charge is 0.263 e. The molecule has 4 rings (SSSR count). The van der Waals surface area contributed by atoms with Gasteiger partial charge in [-0.1, -0.05) is 23.9 Å². The van der Waals surface area contributed by atoms with E-state index < -0.39 is 5.54 Å². The van der Waals surface area contributed by atoms with Crippen molar-refractivity contribution in [2.75, 3.05) is 17.3 Å². The Bertz CT molecular complexity index is 1400. The number of hydrogen-bond acceptors (Lipinski definition) is 8. The molecule has 0 aliphatic rings. The summed E-state index contributed by atoms with van der Waals surface area (Å²) in [4.78, 5) is 35.8. The van der Waals surface area contributed by atoms with E-state index >= 15 is 0 Å². The fraction of sp³-hybridized carbons (Fsp3) is 0.261. The van der Waals surface area contributed by atoms with E-state index in [0.717, 1.165) is 5.56 Å². The molecule has 0 atom stereocenters. The van der Waals surface area contributed by atoms with Gasteiger partial charge in [-0.2, -0.15) is 5.10 Å². The quantitative estimate of drug-likeness (QED) is 0.280. The van der Waals surface area contributed by atoms with Crippen LogP contribution >= 0.6 is 23.1 Å². The summed E-state index contributed by atoms with van der Waals surface area (Å²) in [5.74, 6) is -0.513. The van der Waals surface area contributed by atoms with Crippen LogP contribution in [-0.2, 0) is 7.05 Å². The Morgan fingerprint density at radius 3 is 2.59 bits per heavy atom. The standard InChI is InChI=1S/C23H25N7O2S2/c1-23(2,3)29-20(32)18-16(24)15-17(27-22(33-5)28-21(15)34-18)12-7-6-8-14(9-12)26-19(31)13-10-25-30(4)11-13/h6-11H,24H2,1-5H3,(H,26,31)(H,29,32). The number of nitrogens with zero attached hydrogens (tertiary/aromatic N) is 4. The third kappa shape index (κ3) is 4.90. The van der Waals surface area contributed by atoms with Crippen molar-refractivity contribution in [3.63, 3.8) is 0 Å². The number of benzene rings is 1. The Morgan fingerprint density at radius 2 is 1.94 bits per heavy atom. The van der Waals surface area contributed by atoms with Crippen molar-refractivity contribution in [2.45, 2.75) is 31.5 Å². The lowest BCUT2D eigenvalue weighted by molar-refractivity contribution is 0.0924. The number of nitrogen functional groups attached to an aromatic ring is 1. The zero-order chi connectivity index (χ0) is 24.6. The van der Waals surface area contributed by atoms with Crippen molar-refractivity contribution in [1.29, 1.82) is 0 Å². The van der Waals surface area contributed by atoms with Gasteiger partial charge >= 0.3 is 0 Å². The minimum atomic E-state index is -0.403. The minimum absolute atomic E-state index is 0.248. The summed E-state index contributed by atoms with van der Waals surface area (Å²) in [6, 6.07) is 7.34. The van der Waals surface area contributed by atoms with E-state index in [1.54, 1.807) is 24.0 Å². The fourth-order valence-electron chi connectivity index (χ4n) is 3.35. The SMILES string of the molecule is CSc1nc(-c2cccc(NC(=O)c3cnn(C)c3)c2)c2c(N)c(C(=O)NC(C)(C)C)sc2n1. The summed E-state index contributed by atoms with van der Waals surface area (Å²) in [5, 5.41) is 11.1. The number of fused-ring (bicyclic) bond motifs is 1. The first-order valence-electron chi connectivity index (χ1n) is 10.4. The molecule has 0 fully saturated rings. The molecule has 11 heteroatoms. The van der Waals surface area contributed by atoms with Crippen molar-refractivity contribution in [3.8, 4) is 11.3 Å². The average Bonchev–Trinajstić information content (AvgIpc) is 3.35. The molecule has 1 aromatic carbocycles. The van der Waals surface area contributed by atoms with E-state index in [9.17, 15) is 9.59 Å². The van der Waals surface area contributed by atoms with Crippen LogP contribution in [0.3, 0.4) is 0 Å². The molecule has 0 bridgehead atoms. The lowest BCUT2D eigenvalue weighted by Gasteiger charge is -2.20. The molecule has 3 heterocycles. The Hall–Kier alpha value is -3.44. The van der Waals surface area contributed by atoms with E-state index in [1.165, 1.54) is 29.3 Å². The van der Waals surface area contributed by atoms with Crippen LogP contribution in [0.5, 0.6) is 0 Å². The number of aryl methyl sites for hydroxylation is 1. The highest BCUT2D eigenvalue weighted by Crippen LogP contribution is 2.40. The van der Waals surface area contributed by atoms with Gasteiger partial charge in [0, 0.05) is 30.0 Å². The van der Waals surface area contributed by atoms with Crippen LogP contribution in [0.4, 0.5) is 11.4 Å². The summed E-state index contributed by atoms with van der Waals surface area (Å²) in [6.45, 7) is 5.74. The van der Waals surface area contributed by atoms with Crippen molar-refractivity contribution in [2.24, 2.45) is 7.05 Å². The van der Waals surface area contributed by atoms with Crippen LogP contribution in [-0.4, -0.2) is 43.4 Å². The first-order valence-corrected chi connectivity index (χ1v) is 12.5. The van der Waals surface area contributed by atoms with E-state index in [-0.39, 0.29) is 11.8 Å². The number of thioether (sulfide) groups is 1. The molecule has 0 saturated heterocycles. The van der Waals surface area contributed by atoms with Crippen LogP contribution in [0.2, 0.25) is 0 Å². The number of rotatable bonds is 5. The number of hydrogen-bond donors (Lipinski definition) is 3. The molecule has 3 aromatic heterocycles. The van der Waals surface area contributed by atoms with Crippen molar-refractivity contribution >= 4 is 56.5 Å². The van der Waals surface area contributed by atoms with Gasteiger partial charge in [0.1, 0.15) is 9.71 Å². The number of carbonyl (C=O) groups excluding carboxylic acids is 2. The molecule has 0 radical (unpaired) electrons. The van der Waals surface area contributed by atoms with Gasteiger partial charge in [0.15, 0.2) is 5.16 Å². The van der Waals surface area contributed by atoms with Gasteiger partial charge in [-0.05, 0) is 39.2 Å². The number of nitrogens with one attached hydrogen (secondary N) is 2. The monoisotopic (exact) mass is 495 g/mol. The lowest BCUT2D eigenvalue weighted by atomic mass is 10.1. The maximum atomic E-state index is 12.9. The number of carbonyl (C=O) groups is 2. The summed E-state index contributed by atoms with van der Waals surface area (Å²) in [5.41, 5.74) is 8.82. The molecule has 0 aliphatic carbocycles. The topological polar surface area (TPSA) is 128 Å². The zero-order valence-electron chi connectivity index (χ0n) is 19.5. The van der Waals surface area contributed by atoms with Gasteiger partial charge in [-0.3, -0.25) is 14.3 Å². The Morgan fingerprint density at radius 1 is 1.18 bits per heavy atom. The molecule has 9 nitrogen and oxygen atoms in total. The predicted octanol–water partition coefficient (Wildman–Crippen LogP) is 4.18. The third-order valence-electron chi connectivity index (χ3n) is 4.81. The van der Waals surface area contributed by atoms with Crippen LogP contribution in [0, 0.1) is 0 Å². The lowest BCUT2D eigenvalue weighted by Crippen LogP contribution is -2.40. The number of amides is 2. The predicted molar refractivity (Wildman–Crippen MR) is 137 cm³/mol. The molecule has 2 amide bonds. The molecule has 4 N–H and O–H groups in total. The van der Waals surface area contributed by atoms with Crippen LogP contribution < -0.4 is 16.4 Å². The van der Waals surface area contributed by atoms with E-state index in [4.69, 9.17) is 10.7 Å². The third-order valence-corrected chi connectivity index (χ3v) is 6.45. The van der Waals surface area contributed by atoms with Gasteiger partial charge in [-0.25, -0.2) is 9.97 Å². The average molecular weight is 496 g/mol. The van der Waals surface area contributed by atoms with Gasteiger partial charge in [0.05, 0.1) is 28.5 Å². The fourth-order valence-corrected chi connectivity index (χ4v) is 4.77. The molecule has 34 heavy (non-hydrogen) atoms. The molecule has 0 spiro atoms. The van der Waals surface area contributed by atoms with Gasteiger partial charge in [0.2, 0.25) is 0 Å². The van der Waals surface area contributed by atoms with E-state index in [2.05, 4.69) is 20.7 Å². The van der Waals surface area contributed by atoms with Gasteiger partial charge in [-0.15, -0.1) is 11.3 Å². The van der Waals surface area contributed by atoms with Crippen molar-refractivity contribution in [3.05, 3.63) is 47.1 Å². The summed E-state index contributed by atoms with van der Waals surface area (Å²) in [6.07, 6.45) is 5.04. The van der Waals surface area contributed by atoms with Gasteiger partial charge in [0.25, 0.3) is 11.8 Å². The summed E-state index contributed by atoms with van der Waals surface area (Å²) >= 11 is 2.65. The zero-order valence-corrected chi connectivity index (χ0v) is 21.1. The maximum Gasteiger partial charge on any atom is 0.263 e. The number of anilines is 2. The Kier molecular flexibility index (Phi) is 6.32. The van der Waals surface area contributed by atoms with Gasteiger partial charge < -0.3 is 16.4 Å². The minimum Gasteiger partial charge on any atom is -0.397 e. The van der Waals surface area contributed by atoms with Crippen molar-refractivity contribution < 1.29 is 9.59 Å². The van der Waals surface area contributed by atoms with Crippen LogP contribution in [0.25, 0.3) is 21.5 Å². The molecular formula is C23H25N7O2S2. The largest absolute Gasteiger partial charge is 0.397 e. The molecule has 176 valence electrons. The van der Waals surface area contributed by atoms with Crippen molar-refractivity contribution in [1.82, 2.24) is 25.1 Å². The normalized spacial score (nSPS) is 11.6. The highest BCUT2D eigenvalue weighted by molar-refractivity contribution is 7.98. The highest BCUT2D eigenvalue weighted by atomic mass is 32.2. The van der Waals surface area contributed by atoms with Crippen LogP contribution in [0.1, 0.15) is 40.8 Å². The first-order chi connectivity index (χ1) is 16.1. The number of nitrogens with two attached hydrogens (primary N) is 1. The van der Waals surface area contributed by atoms with E-state index in [1.807, 2.05) is 45.2 Å². The highest BCUT2D eigenvalue weighted by Gasteiger charge is 2.24. The summed E-state index contributed by atoms with van der Waals surface area (Å²) in [7, 11) is 1.75. The second-order valence-corrected chi connectivity index (χ2v) is 10.5. The summed E-state index contributed by atoms with van der Waals surface area (Å²) < 4.78 is 1.57. The molecule has 0 unspecified atom stereocenters. The molecule has 0 saturated carbocycles. The Labute approximate surface area is 205 Å². The second kappa shape index (κ2) is 9.07. The number of aromatic nitrogens is 4. The first kappa shape index (κ1) is 23.7. The maximum absolute atomic E-state index is 12.9. The number of thiophene rings is 1. The molecule has 0 aliphatic heterocycles. The Balaban J connectivity index is 1.77. The van der Waals surface area contributed by atoms with E-state index in [0.29, 0.717) is 42.9 Å². The molecular weight excluding hydrogens is 470 g/mol. The van der Waals surface area contributed by atoms with Crippen LogP contribution in [0.15, 0.2) is 41.8 Å². The second-order valence-electron chi connectivity index (χ2n) is 8.73.